The number of aryl methyl sites for hydroxylation is 2. The molecule has 3 N–H and O–H groups in total. The van der Waals surface area contributed by atoms with Gasteiger partial charge in [0.1, 0.15) is 11.3 Å². The summed E-state index contributed by atoms with van der Waals surface area (Å²) in [5.74, 6) is -0.184. The number of rotatable bonds is 3. The van der Waals surface area contributed by atoms with E-state index in [-0.39, 0.29) is 17.8 Å². The van der Waals surface area contributed by atoms with Gasteiger partial charge in [-0.1, -0.05) is 29.4 Å². The van der Waals surface area contributed by atoms with Crippen molar-refractivity contribution in [1.29, 1.82) is 0 Å². The fraction of sp³-hybridized carbons (Fsp3) is 0.222. The Bertz CT molecular complexity index is 913. The van der Waals surface area contributed by atoms with E-state index in [1.165, 1.54) is 11.1 Å². The number of nitrogen functional groups attached to an aromatic ring is 1. The third kappa shape index (κ3) is 2.49. The number of anilines is 1. The zero-order valence-electron chi connectivity index (χ0n) is 13.2. The molecule has 0 spiro atoms. The number of amides is 1. The van der Waals surface area contributed by atoms with Gasteiger partial charge in [-0.2, -0.15) is 0 Å². The number of thiophene rings is 1. The molecule has 0 saturated heterocycles. The Balaban J connectivity index is 1.63. The minimum absolute atomic E-state index is 0.000854. The van der Waals surface area contributed by atoms with E-state index in [1.807, 2.05) is 31.2 Å². The number of carbonyl (C=O) groups is 1. The molecule has 3 aromatic rings. The van der Waals surface area contributed by atoms with Gasteiger partial charge in [0.25, 0.3) is 5.91 Å². The molecule has 0 saturated carbocycles. The Morgan fingerprint density at radius 3 is 2.96 bits per heavy atom. The van der Waals surface area contributed by atoms with Crippen LogP contribution in [0.2, 0.25) is 0 Å². The molecule has 0 aliphatic heterocycles. The highest BCUT2D eigenvalue weighted by Crippen LogP contribution is 2.34. The number of benzene rings is 1. The van der Waals surface area contributed by atoms with Crippen molar-refractivity contribution >= 4 is 23.1 Å². The van der Waals surface area contributed by atoms with Gasteiger partial charge in [0.05, 0.1) is 10.9 Å². The monoisotopic (exact) mass is 339 g/mol. The van der Waals surface area contributed by atoms with Crippen LogP contribution in [0.25, 0.3) is 10.6 Å². The van der Waals surface area contributed by atoms with Crippen LogP contribution >= 0.6 is 11.3 Å². The van der Waals surface area contributed by atoms with Crippen LogP contribution in [-0.4, -0.2) is 11.1 Å². The molecule has 6 heteroatoms. The van der Waals surface area contributed by atoms with Gasteiger partial charge in [-0.3, -0.25) is 4.79 Å². The predicted octanol–water partition coefficient (Wildman–Crippen LogP) is 3.71. The van der Waals surface area contributed by atoms with E-state index in [0.29, 0.717) is 11.3 Å². The molecule has 0 fully saturated rings. The molecule has 1 aliphatic carbocycles. The number of nitrogens with one attached hydrogen (secondary N) is 1. The van der Waals surface area contributed by atoms with Crippen molar-refractivity contribution in [1.82, 2.24) is 10.5 Å². The Hall–Kier alpha value is -2.60. The number of carbonyl (C=O) groups excluding carboxylic acids is 1. The molecule has 1 aliphatic rings. The lowest BCUT2D eigenvalue weighted by Gasteiger charge is -2.14. The van der Waals surface area contributed by atoms with E-state index in [9.17, 15) is 4.79 Å². The van der Waals surface area contributed by atoms with Crippen molar-refractivity contribution in [2.75, 3.05) is 5.73 Å². The molecule has 24 heavy (non-hydrogen) atoms. The maximum Gasteiger partial charge on any atom is 0.259 e. The average molecular weight is 339 g/mol. The topological polar surface area (TPSA) is 81.2 Å². The quantitative estimate of drug-likeness (QED) is 0.762. The van der Waals surface area contributed by atoms with Crippen LogP contribution in [0, 0.1) is 6.92 Å². The summed E-state index contributed by atoms with van der Waals surface area (Å²) in [6.07, 6.45) is 1.86. The first-order valence-electron chi connectivity index (χ1n) is 7.84. The van der Waals surface area contributed by atoms with E-state index >= 15 is 0 Å². The highest BCUT2D eigenvalue weighted by molar-refractivity contribution is 7.15. The Labute approximate surface area is 143 Å². The predicted molar refractivity (Wildman–Crippen MR) is 93.9 cm³/mol. The van der Waals surface area contributed by atoms with Crippen molar-refractivity contribution in [3.63, 3.8) is 0 Å². The first-order chi connectivity index (χ1) is 11.6. The summed E-state index contributed by atoms with van der Waals surface area (Å²) in [7, 11) is 0. The molecule has 0 bridgehead atoms. The minimum atomic E-state index is -0.239. The molecule has 1 amide bonds. The first-order valence-corrected chi connectivity index (χ1v) is 8.66. The van der Waals surface area contributed by atoms with Gasteiger partial charge < -0.3 is 15.6 Å². The van der Waals surface area contributed by atoms with Gasteiger partial charge in [-0.05, 0) is 43.0 Å². The van der Waals surface area contributed by atoms with Gasteiger partial charge in [0.2, 0.25) is 5.88 Å². The lowest BCUT2D eigenvalue weighted by atomic mass is 10.1. The molecule has 1 atom stereocenters. The van der Waals surface area contributed by atoms with E-state index in [1.54, 1.807) is 11.3 Å². The van der Waals surface area contributed by atoms with Crippen molar-refractivity contribution in [2.45, 2.75) is 25.8 Å². The Kier molecular flexibility index (Phi) is 3.61. The number of aromatic nitrogens is 1. The second kappa shape index (κ2) is 5.79. The molecule has 122 valence electrons. The molecule has 2 heterocycles. The van der Waals surface area contributed by atoms with E-state index < -0.39 is 0 Å². The maximum absolute atomic E-state index is 12.8. The van der Waals surface area contributed by atoms with Crippen molar-refractivity contribution in [3.8, 4) is 10.6 Å². The summed E-state index contributed by atoms with van der Waals surface area (Å²) >= 11 is 1.56. The average Bonchev–Trinajstić information content (AvgIpc) is 3.27. The van der Waals surface area contributed by atoms with Crippen molar-refractivity contribution < 1.29 is 9.32 Å². The van der Waals surface area contributed by atoms with Crippen LogP contribution in [0.4, 0.5) is 5.88 Å². The second-order valence-electron chi connectivity index (χ2n) is 5.94. The third-order valence-electron chi connectivity index (χ3n) is 4.36. The van der Waals surface area contributed by atoms with Crippen LogP contribution in [-0.2, 0) is 6.42 Å². The summed E-state index contributed by atoms with van der Waals surface area (Å²) in [6.45, 7) is 2.01. The summed E-state index contributed by atoms with van der Waals surface area (Å²) in [5, 5.41) is 7.07. The minimum Gasteiger partial charge on any atom is -0.367 e. The van der Waals surface area contributed by atoms with Crippen LogP contribution in [0.1, 0.15) is 38.8 Å². The fourth-order valence-electron chi connectivity index (χ4n) is 3.19. The van der Waals surface area contributed by atoms with Crippen LogP contribution in [0.5, 0.6) is 0 Å². The third-order valence-corrected chi connectivity index (χ3v) is 5.36. The van der Waals surface area contributed by atoms with Gasteiger partial charge in [0.15, 0.2) is 0 Å². The maximum atomic E-state index is 12.8. The molecular weight excluding hydrogens is 322 g/mol. The van der Waals surface area contributed by atoms with Crippen LogP contribution in [0.15, 0.2) is 40.9 Å². The zero-order chi connectivity index (χ0) is 16.7. The lowest BCUT2D eigenvalue weighted by Crippen LogP contribution is -2.27. The lowest BCUT2D eigenvalue weighted by molar-refractivity contribution is 0.0938. The normalized spacial score (nSPS) is 16.1. The summed E-state index contributed by atoms with van der Waals surface area (Å²) in [6, 6.07) is 12.1. The van der Waals surface area contributed by atoms with E-state index in [4.69, 9.17) is 10.3 Å². The van der Waals surface area contributed by atoms with Gasteiger partial charge in [0, 0.05) is 4.88 Å². The second-order valence-corrected chi connectivity index (χ2v) is 7.23. The number of nitrogens with zero attached hydrogens (tertiary/aromatic N) is 1. The molecule has 1 unspecified atom stereocenters. The Morgan fingerprint density at radius 2 is 2.17 bits per heavy atom. The smallest absolute Gasteiger partial charge is 0.259 e. The SMILES string of the molecule is Cc1ccc(-c2noc(N)c2C(=O)NC2CCc3ccccc32)s1. The molecular formula is C18H17N3O2S. The number of nitrogens with two attached hydrogens (primary N) is 1. The van der Waals surface area contributed by atoms with Gasteiger partial charge in [-0.15, -0.1) is 11.3 Å². The number of hydrogen-bond donors (Lipinski definition) is 2. The van der Waals surface area contributed by atoms with Gasteiger partial charge in [-0.25, -0.2) is 0 Å². The van der Waals surface area contributed by atoms with Crippen LogP contribution in [0.3, 0.4) is 0 Å². The molecule has 2 aromatic heterocycles. The highest BCUT2D eigenvalue weighted by atomic mass is 32.1. The van der Waals surface area contributed by atoms with E-state index in [2.05, 4.69) is 22.6 Å². The first kappa shape index (κ1) is 15.0. The number of hydrogen-bond acceptors (Lipinski definition) is 5. The zero-order valence-corrected chi connectivity index (χ0v) is 14.0. The standard InChI is InChI=1S/C18H17N3O2S/c1-10-6-9-14(24-10)16-15(17(19)23-21-16)18(22)20-13-8-7-11-4-2-3-5-12(11)13/h2-6,9,13H,7-8,19H2,1H3,(H,20,22). The number of fused-ring (bicyclic) bond motifs is 1. The molecule has 5 nitrogen and oxygen atoms in total. The summed E-state index contributed by atoms with van der Waals surface area (Å²) in [4.78, 5) is 14.8. The van der Waals surface area contributed by atoms with E-state index in [0.717, 1.165) is 22.6 Å². The van der Waals surface area contributed by atoms with Crippen molar-refractivity contribution in [2.24, 2.45) is 0 Å². The fourth-order valence-corrected chi connectivity index (χ4v) is 4.04. The summed E-state index contributed by atoms with van der Waals surface area (Å²) < 4.78 is 5.09. The van der Waals surface area contributed by atoms with Gasteiger partial charge >= 0.3 is 0 Å². The van der Waals surface area contributed by atoms with Crippen LogP contribution < -0.4 is 11.1 Å². The largest absolute Gasteiger partial charge is 0.367 e. The highest BCUT2D eigenvalue weighted by Gasteiger charge is 2.28. The molecule has 1 aromatic carbocycles. The Morgan fingerprint density at radius 1 is 1.33 bits per heavy atom. The van der Waals surface area contributed by atoms with Crippen molar-refractivity contribution in [3.05, 3.63) is 58.0 Å². The molecule has 0 radical (unpaired) electrons. The summed E-state index contributed by atoms with van der Waals surface area (Å²) in [5.41, 5.74) is 9.16. The molecule has 4 rings (SSSR count).